The summed E-state index contributed by atoms with van der Waals surface area (Å²) < 4.78 is 1.38. The molecule has 0 fully saturated rings. The second-order valence-electron chi connectivity index (χ2n) is 3.80. The van der Waals surface area contributed by atoms with Gasteiger partial charge in [-0.2, -0.15) is 0 Å². The van der Waals surface area contributed by atoms with Crippen LogP contribution >= 0.6 is 11.3 Å². The summed E-state index contributed by atoms with van der Waals surface area (Å²) in [5, 5.41) is 7.12. The SMILES string of the molecule is CCC(CC)Nc1cccc2ccsc12. The lowest BCUT2D eigenvalue weighted by molar-refractivity contribution is 0.672. The number of thiophene rings is 1. The highest BCUT2D eigenvalue weighted by Gasteiger charge is 2.06. The van der Waals surface area contributed by atoms with E-state index in [4.69, 9.17) is 0 Å². The van der Waals surface area contributed by atoms with E-state index in [1.54, 1.807) is 0 Å². The molecule has 0 aliphatic carbocycles. The summed E-state index contributed by atoms with van der Waals surface area (Å²) >= 11 is 1.81. The van der Waals surface area contributed by atoms with E-state index in [1.165, 1.54) is 28.6 Å². The molecule has 0 amide bonds. The number of anilines is 1. The summed E-state index contributed by atoms with van der Waals surface area (Å²) in [7, 11) is 0. The Labute approximate surface area is 95.1 Å². The molecule has 0 spiro atoms. The first kappa shape index (κ1) is 10.5. The molecule has 80 valence electrons. The van der Waals surface area contributed by atoms with Gasteiger partial charge in [-0.1, -0.05) is 26.0 Å². The van der Waals surface area contributed by atoms with Crippen LogP contribution in [0.5, 0.6) is 0 Å². The van der Waals surface area contributed by atoms with Gasteiger partial charge in [0.25, 0.3) is 0 Å². The molecule has 2 aromatic rings. The van der Waals surface area contributed by atoms with Crippen molar-refractivity contribution in [3.05, 3.63) is 29.6 Å². The summed E-state index contributed by atoms with van der Waals surface area (Å²) in [5.74, 6) is 0. The van der Waals surface area contributed by atoms with E-state index in [-0.39, 0.29) is 0 Å². The van der Waals surface area contributed by atoms with Crippen molar-refractivity contribution in [2.75, 3.05) is 5.32 Å². The maximum atomic E-state index is 3.62. The van der Waals surface area contributed by atoms with Crippen molar-refractivity contribution in [1.29, 1.82) is 0 Å². The van der Waals surface area contributed by atoms with E-state index in [2.05, 4.69) is 48.8 Å². The second kappa shape index (κ2) is 4.67. The number of fused-ring (bicyclic) bond motifs is 1. The molecule has 15 heavy (non-hydrogen) atoms. The van der Waals surface area contributed by atoms with Crippen LogP contribution in [0.1, 0.15) is 26.7 Å². The lowest BCUT2D eigenvalue weighted by atomic mass is 10.1. The molecule has 0 aliphatic heterocycles. The molecule has 0 aliphatic rings. The van der Waals surface area contributed by atoms with Crippen LogP contribution in [0, 0.1) is 0 Å². The predicted octanol–water partition coefficient (Wildman–Crippen LogP) is 4.50. The van der Waals surface area contributed by atoms with E-state index in [0.717, 1.165) is 0 Å². The van der Waals surface area contributed by atoms with Gasteiger partial charge in [0.1, 0.15) is 0 Å². The maximum absolute atomic E-state index is 3.62. The fourth-order valence-electron chi connectivity index (χ4n) is 1.82. The molecular weight excluding hydrogens is 202 g/mol. The summed E-state index contributed by atoms with van der Waals surface area (Å²) in [4.78, 5) is 0. The molecule has 2 heteroatoms. The van der Waals surface area contributed by atoms with Crippen molar-refractivity contribution in [3.63, 3.8) is 0 Å². The quantitative estimate of drug-likeness (QED) is 0.798. The molecule has 0 saturated carbocycles. The average molecular weight is 219 g/mol. The summed E-state index contributed by atoms with van der Waals surface area (Å²) in [5.41, 5.74) is 1.29. The standard InChI is InChI=1S/C13H17NS/c1-3-11(4-2)14-12-7-5-6-10-8-9-15-13(10)12/h5-9,11,14H,3-4H2,1-2H3. The first-order valence-corrected chi connectivity index (χ1v) is 6.45. The summed E-state index contributed by atoms with van der Waals surface area (Å²) in [6.07, 6.45) is 2.36. The van der Waals surface area contributed by atoms with E-state index in [0.29, 0.717) is 6.04 Å². The lowest BCUT2D eigenvalue weighted by Gasteiger charge is -2.16. The molecule has 1 heterocycles. The minimum atomic E-state index is 0.595. The van der Waals surface area contributed by atoms with Gasteiger partial charge in [-0.25, -0.2) is 0 Å². The minimum Gasteiger partial charge on any atom is -0.381 e. The van der Waals surface area contributed by atoms with E-state index in [9.17, 15) is 0 Å². The Morgan fingerprint density at radius 3 is 2.73 bits per heavy atom. The van der Waals surface area contributed by atoms with Crippen LogP contribution in [0.2, 0.25) is 0 Å². The third-order valence-electron chi connectivity index (χ3n) is 2.82. The van der Waals surface area contributed by atoms with Gasteiger partial charge in [0.15, 0.2) is 0 Å². The molecule has 1 aromatic heterocycles. The zero-order chi connectivity index (χ0) is 10.7. The van der Waals surface area contributed by atoms with Crippen molar-refractivity contribution in [2.45, 2.75) is 32.7 Å². The van der Waals surface area contributed by atoms with Crippen molar-refractivity contribution in [3.8, 4) is 0 Å². The molecule has 0 radical (unpaired) electrons. The fraction of sp³-hybridized carbons (Fsp3) is 0.385. The summed E-state index contributed by atoms with van der Waals surface area (Å²) in [6.45, 7) is 4.46. The van der Waals surface area contributed by atoms with Gasteiger partial charge in [-0.05, 0) is 35.7 Å². The predicted molar refractivity (Wildman–Crippen MR) is 69.8 cm³/mol. The Balaban J connectivity index is 2.30. The number of rotatable bonds is 4. The zero-order valence-electron chi connectivity index (χ0n) is 9.29. The highest BCUT2D eigenvalue weighted by molar-refractivity contribution is 7.17. The van der Waals surface area contributed by atoms with Crippen LogP contribution in [-0.4, -0.2) is 6.04 Å². The minimum absolute atomic E-state index is 0.595. The molecule has 2 rings (SSSR count). The van der Waals surface area contributed by atoms with Crippen molar-refractivity contribution in [1.82, 2.24) is 0 Å². The van der Waals surface area contributed by atoms with Crippen molar-refractivity contribution >= 4 is 27.1 Å². The molecule has 0 atom stereocenters. The monoisotopic (exact) mass is 219 g/mol. The van der Waals surface area contributed by atoms with Crippen molar-refractivity contribution in [2.24, 2.45) is 0 Å². The third kappa shape index (κ3) is 2.15. The van der Waals surface area contributed by atoms with E-state index >= 15 is 0 Å². The van der Waals surface area contributed by atoms with Crippen LogP contribution < -0.4 is 5.32 Å². The zero-order valence-corrected chi connectivity index (χ0v) is 10.1. The Morgan fingerprint density at radius 1 is 1.20 bits per heavy atom. The summed E-state index contributed by atoms with van der Waals surface area (Å²) in [6, 6.07) is 9.25. The topological polar surface area (TPSA) is 12.0 Å². The molecule has 0 unspecified atom stereocenters. The van der Waals surface area contributed by atoms with Crippen molar-refractivity contribution < 1.29 is 0 Å². The van der Waals surface area contributed by atoms with E-state index in [1.807, 2.05) is 11.3 Å². The fourth-order valence-corrected chi connectivity index (χ4v) is 2.70. The Kier molecular flexibility index (Phi) is 3.27. The molecule has 1 aromatic carbocycles. The smallest absolute Gasteiger partial charge is 0.0574 e. The van der Waals surface area contributed by atoms with Gasteiger partial charge in [0.05, 0.1) is 10.4 Å². The van der Waals surface area contributed by atoms with Crippen LogP contribution in [0.4, 0.5) is 5.69 Å². The largest absolute Gasteiger partial charge is 0.381 e. The molecule has 1 nitrogen and oxygen atoms in total. The number of hydrogen-bond donors (Lipinski definition) is 1. The van der Waals surface area contributed by atoms with Gasteiger partial charge >= 0.3 is 0 Å². The maximum Gasteiger partial charge on any atom is 0.0574 e. The van der Waals surface area contributed by atoms with Gasteiger partial charge < -0.3 is 5.32 Å². The van der Waals surface area contributed by atoms with Crippen LogP contribution in [-0.2, 0) is 0 Å². The second-order valence-corrected chi connectivity index (χ2v) is 4.72. The van der Waals surface area contributed by atoms with Crippen LogP contribution in [0.15, 0.2) is 29.6 Å². The highest BCUT2D eigenvalue weighted by Crippen LogP contribution is 2.29. The number of benzene rings is 1. The van der Waals surface area contributed by atoms with Crippen LogP contribution in [0.25, 0.3) is 10.1 Å². The Hall–Kier alpha value is -1.02. The third-order valence-corrected chi connectivity index (χ3v) is 3.79. The first-order chi connectivity index (χ1) is 7.35. The Bertz CT molecular complexity index is 429. The highest BCUT2D eigenvalue weighted by atomic mass is 32.1. The normalized spacial score (nSPS) is 11.1. The van der Waals surface area contributed by atoms with Gasteiger partial charge in [0.2, 0.25) is 0 Å². The average Bonchev–Trinajstić information content (AvgIpc) is 2.74. The Morgan fingerprint density at radius 2 is 2.00 bits per heavy atom. The first-order valence-electron chi connectivity index (χ1n) is 5.58. The van der Waals surface area contributed by atoms with E-state index < -0.39 is 0 Å². The molecule has 0 bridgehead atoms. The molecular formula is C13H17NS. The van der Waals surface area contributed by atoms with Gasteiger partial charge in [-0.3, -0.25) is 0 Å². The lowest BCUT2D eigenvalue weighted by Crippen LogP contribution is -2.16. The van der Waals surface area contributed by atoms with Gasteiger partial charge in [-0.15, -0.1) is 11.3 Å². The number of nitrogens with one attached hydrogen (secondary N) is 1. The molecule has 1 N–H and O–H groups in total. The number of hydrogen-bond acceptors (Lipinski definition) is 2. The molecule has 0 saturated heterocycles. The van der Waals surface area contributed by atoms with Crippen LogP contribution in [0.3, 0.4) is 0 Å². The van der Waals surface area contributed by atoms with Gasteiger partial charge in [0, 0.05) is 6.04 Å².